The number of carbonyl (C=O) groups is 1. The Morgan fingerprint density at radius 1 is 1.25 bits per heavy atom. The van der Waals surface area contributed by atoms with Gasteiger partial charge >= 0.3 is 6.09 Å². The van der Waals surface area contributed by atoms with E-state index in [-0.39, 0.29) is 6.09 Å². The molecule has 16 heavy (non-hydrogen) atoms. The molecule has 1 heterocycles. The van der Waals surface area contributed by atoms with E-state index in [4.69, 9.17) is 4.74 Å². The van der Waals surface area contributed by atoms with Crippen molar-refractivity contribution in [1.82, 2.24) is 9.80 Å². The van der Waals surface area contributed by atoms with Crippen LogP contribution in [0.1, 0.15) is 41.0 Å². The number of nitrogens with zero attached hydrogens (tertiary/aromatic N) is 2. The van der Waals surface area contributed by atoms with Crippen molar-refractivity contribution >= 4 is 6.09 Å². The average molecular weight is 228 g/mol. The number of carbonyl (C=O) groups excluding carboxylic acids is 1. The Kier molecular flexibility index (Phi) is 4.19. The van der Waals surface area contributed by atoms with Gasteiger partial charge in [-0.3, -0.25) is 9.80 Å². The minimum atomic E-state index is -0.406. The Hall–Kier alpha value is -0.770. The van der Waals surface area contributed by atoms with Crippen LogP contribution in [0.3, 0.4) is 0 Å². The summed E-state index contributed by atoms with van der Waals surface area (Å²) in [6, 6.07) is 0.477. The highest BCUT2D eigenvalue weighted by molar-refractivity contribution is 5.68. The fraction of sp³-hybridized carbons (Fsp3) is 0.917. The van der Waals surface area contributed by atoms with Gasteiger partial charge in [-0.25, -0.2) is 4.79 Å². The molecule has 1 aliphatic heterocycles. The summed E-state index contributed by atoms with van der Waals surface area (Å²) in [5.41, 5.74) is -0.406. The van der Waals surface area contributed by atoms with Gasteiger partial charge in [0, 0.05) is 19.1 Å². The lowest BCUT2D eigenvalue weighted by atomic mass is 10.2. The second-order valence-electron chi connectivity index (χ2n) is 5.64. The molecule has 0 bridgehead atoms. The van der Waals surface area contributed by atoms with Crippen LogP contribution in [0.5, 0.6) is 0 Å². The van der Waals surface area contributed by atoms with Crippen molar-refractivity contribution in [2.75, 3.05) is 19.8 Å². The van der Waals surface area contributed by atoms with Gasteiger partial charge in [-0.15, -0.1) is 0 Å². The SMILES string of the molecule is CC(C)N1CCCN(C(=O)OC(C)(C)C)C1. The molecule has 0 saturated carbocycles. The standard InChI is InChI=1S/C12H24N2O2/c1-10(2)13-7-6-8-14(9-13)11(15)16-12(3,4)5/h10H,6-9H2,1-5H3. The first-order valence-corrected chi connectivity index (χ1v) is 6.01. The quantitative estimate of drug-likeness (QED) is 0.690. The largest absolute Gasteiger partial charge is 0.444 e. The minimum Gasteiger partial charge on any atom is -0.444 e. The lowest BCUT2D eigenvalue weighted by Gasteiger charge is -2.38. The van der Waals surface area contributed by atoms with Crippen molar-refractivity contribution in [2.45, 2.75) is 52.7 Å². The first kappa shape index (κ1) is 13.3. The smallest absolute Gasteiger partial charge is 0.411 e. The van der Waals surface area contributed by atoms with Crippen molar-refractivity contribution in [2.24, 2.45) is 0 Å². The van der Waals surface area contributed by atoms with Crippen LogP contribution in [0.2, 0.25) is 0 Å². The zero-order chi connectivity index (χ0) is 12.3. The molecule has 0 N–H and O–H groups in total. The monoisotopic (exact) mass is 228 g/mol. The van der Waals surface area contributed by atoms with E-state index in [9.17, 15) is 4.79 Å². The number of rotatable bonds is 1. The van der Waals surface area contributed by atoms with E-state index in [0.29, 0.717) is 12.7 Å². The van der Waals surface area contributed by atoms with E-state index in [1.165, 1.54) is 0 Å². The van der Waals surface area contributed by atoms with E-state index in [0.717, 1.165) is 19.5 Å². The normalized spacial score (nSPS) is 19.0. The molecular weight excluding hydrogens is 204 g/mol. The highest BCUT2D eigenvalue weighted by atomic mass is 16.6. The van der Waals surface area contributed by atoms with Crippen LogP contribution < -0.4 is 0 Å². The second-order valence-corrected chi connectivity index (χ2v) is 5.64. The van der Waals surface area contributed by atoms with Crippen LogP contribution in [-0.4, -0.2) is 47.3 Å². The Morgan fingerprint density at radius 2 is 1.88 bits per heavy atom. The summed E-state index contributed by atoms with van der Waals surface area (Å²) in [6.45, 7) is 12.6. The Bertz CT molecular complexity index is 246. The van der Waals surface area contributed by atoms with Gasteiger partial charge < -0.3 is 4.74 Å². The number of hydrogen-bond donors (Lipinski definition) is 0. The Labute approximate surface area is 98.5 Å². The van der Waals surface area contributed by atoms with Crippen LogP contribution in [0.4, 0.5) is 4.79 Å². The predicted octanol–water partition coefficient (Wildman–Crippen LogP) is 2.30. The molecule has 4 heteroatoms. The molecule has 0 aliphatic carbocycles. The second kappa shape index (κ2) is 5.04. The van der Waals surface area contributed by atoms with Crippen LogP contribution in [-0.2, 0) is 4.74 Å². The van der Waals surface area contributed by atoms with Crippen LogP contribution in [0.25, 0.3) is 0 Å². The molecule has 0 aromatic heterocycles. The maximum Gasteiger partial charge on any atom is 0.411 e. The van der Waals surface area contributed by atoms with Gasteiger partial charge in [0.15, 0.2) is 0 Å². The summed E-state index contributed by atoms with van der Waals surface area (Å²) >= 11 is 0. The summed E-state index contributed by atoms with van der Waals surface area (Å²) in [6.07, 6.45) is 0.829. The molecule has 0 aromatic carbocycles. The van der Waals surface area contributed by atoms with E-state index < -0.39 is 5.60 Å². The fourth-order valence-corrected chi connectivity index (χ4v) is 1.72. The first-order valence-electron chi connectivity index (χ1n) is 6.01. The van der Waals surface area contributed by atoms with Crippen molar-refractivity contribution < 1.29 is 9.53 Å². The van der Waals surface area contributed by atoms with E-state index in [1.54, 1.807) is 4.90 Å². The van der Waals surface area contributed by atoms with E-state index >= 15 is 0 Å². The topological polar surface area (TPSA) is 32.8 Å². The molecule has 1 saturated heterocycles. The van der Waals surface area contributed by atoms with Crippen LogP contribution >= 0.6 is 0 Å². The highest BCUT2D eigenvalue weighted by Gasteiger charge is 2.27. The summed E-state index contributed by atoms with van der Waals surface area (Å²) in [5, 5.41) is 0. The Balaban J connectivity index is 2.50. The zero-order valence-electron chi connectivity index (χ0n) is 11.1. The van der Waals surface area contributed by atoms with Gasteiger partial charge in [-0.1, -0.05) is 0 Å². The molecule has 0 unspecified atom stereocenters. The molecule has 0 atom stereocenters. The average Bonchev–Trinajstić information content (AvgIpc) is 2.15. The Morgan fingerprint density at radius 3 is 2.38 bits per heavy atom. The van der Waals surface area contributed by atoms with Gasteiger partial charge in [0.1, 0.15) is 5.60 Å². The van der Waals surface area contributed by atoms with Crippen molar-refractivity contribution in [3.63, 3.8) is 0 Å². The third-order valence-corrected chi connectivity index (χ3v) is 2.61. The summed E-state index contributed by atoms with van der Waals surface area (Å²) in [4.78, 5) is 15.9. The molecule has 0 aromatic rings. The lowest BCUT2D eigenvalue weighted by molar-refractivity contribution is -0.00248. The molecule has 94 valence electrons. The highest BCUT2D eigenvalue weighted by Crippen LogP contribution is 2.14. The summed E-state index contributed by atoms with van der Waals surface area (Å²) in [7, 11) is 0. The molecule has 0 spiro atoms. The molecule has 1 fully saturated rings. The minimum absolute atomic E-state index is 0.196. The fourth-order valence-electron chi connectivity index (χ4n) is 1.72. The third-order valence-electron chi connectivity index (χ3n) is 2.61. The number of ether oxygens (including phenoxy) is 1. The number of hydrogen-bond acceptors (Lipinski definition) is 3. The molecule has 1 rings (SSSR count). The van der Waals surface area contributed by atoms with Gasteiger partial charge in [-0.2, -0.15) is 0 Å². The first-order chi connectivity index (χ1) is 7.29. The van der Waals surface area contributed by atoms with Gasteiger partial charge in [0.25, 0.3) is 0 Å². The van der Waals surface area contributed by atoms with Gasteiger partial charge in [0.05, 0.1) is 6.67 Å². The molecule has 1 aliphatic rings. The number of amides is 1. The van der Waals surface area contributed by atoms with Gasteiger partial charge in [0.2, 0.25) is 0 Å². The maximum atomic E-state index is 11.9. The maximum absolute atomic E-state index is 11.9. The summed E-state index contributed by atoms with van der Waals surface area (Å²) < 4.78 is 5.37. The zero-order valence-corrected chi connectivity index (χ0v) is 11.1. The van der Waals surface area contributed by atoms with Crippen molar-refractivity contribution in [3.05, 3.63) is 0 Å². The molecular formula is C12H24N2O2. The van der Waals surface area contributed by atoms with Gasteiger partial charge in [-0.05, 0) is 41.0 Å². The van der Waals surface area contributed by atoms with Crippen LogP contribution in [0, 0.1) is 0 Å². The predicted molar refractivity (Wildman–Crippen MR) is 64.3 cm³/mol. The van der Waals surface area contributed by atoms with E-state index in [2.05, 4.69) is 18.7 Å². The third kappa shape index (κ3) is 4.00. The van der Waals surface area contributed by atoms with E-state index in [1.807, 2.05) is 20.8 Å². The summed E-state index contributed by atoms with van der Waals surface area (Å²) in [5.74, 6) is 0. The lowest BCUT2D eigenvalue weighted by Crippen LogP contribution is -2.51. The van der Waals surface area contributed by atoms with Crippen molar-refractivity contribution in [1.29, 1.82) is 0 Å². The van der Waals surface area contributed by atoms with Crippen LogP contribution in [0.15, 0.2) is 0 Å². The van der Waals surface area contributed by atoms with Crippen molar-refractivity contribution in [3.8, 4) is 0 Å². The molecule has 1 amide bonds. The molecule has 4 nitrogen and oxygen atoms in total. The molecule has 0 radical (unpaired) electrons.